The van der Waals surface area contributed by atoms with Gasteiger partial charge >= 0.3 is 0 Å². The van der Waals surface area contributed by atoms with E-state index in [2.05, 4.69) is 9.69 Å². The van der Waals surface area contributed by atoms with Gasteiger partial charge in [-0.1, -0.05) is 12.1 Å². The summed E-state index contributed by atoms with van der Waals surface area (Å²) in [5.41, 5.74) is 6.60. The molecule has 0 radical (unpaired) electrons. The minimum absolute atomic E-state index is 0.202. The zero-order chi connectivity index (χ0) is 11.4. The maximum atomic E-state index is 12.6. The molecule has 0 saturated heterocycles. The fraction of sp³-hybridized carbons (Fsp3) is 0.182. The first-order chi connectivity index (χ1) is 7.74. The number of anilines is 2. The predicted octanol–water partition coefficient (Wildman–Crippen LogP) is 2.52. The van der Waals surface area contributed by atoms with Crippen LogP contribution in [0.25, 0.3) is 0 Å². The Kier molecular flexibility index (Phi) is 3.36. The van der Waals surface area contributed by atoms with E-state index in [0.717, 1.165) is 23.5 Å². The number of nitrogens with zero attached hydrogens (tertiary/aromatic N) is 1. The predicted molar refractivity (Wildman–Crippen MR) is 65.1 cm³/mol. The van der Waals surface area contributed by atoms with Crippen molar-refractivity contribution in [2.45, 2.75) is 6.42 Å². The molecule has 5 heteroatoms. The largest absolute Gasteiger partial charge is 0.383 e. The molecule has 0 amide bonds. The molecule has 84 valence electrons. The second-order valence-corrected chi connectivity index (χ2v) is 4.22. The quantitative estimate of drug-likeness (QED) is 0.859. The second kappa shape index (κ2) is 4.94. The lowest BCUT2D eigenvalue weighted by Gasteiger charge is -2.02. The number of nitrogens with one attached hydrogen (secondary N) is 1. The number of aromatic nitrogens is 1. The van der Waals surface area contributed by atoms with Gasteiger partial charge in [0.05, 0.1) is 0 Å². The van der Waals surface area contributed by atoms with E-state index < -0.39 is 0 Å². The molecule has 0 saturated carbocycles. The Morgan fingerprint density at radius 3 is 2.69 bits per heavy atom. The maximum absolute atomic E-state index is 12.6. The Hall–Kier alpha value is -1.62. The highest BCUT2D eigenvalue weighted by atomic mass is 32.1. The highest BCUT2D eigenvalue weighted by Gasteiger charge is 1.98. The Balaban J connectivity index is 1.82. The van der Waals surface area contributed by atoms with Crippen LogP contribution < -0.4 is 11.1 Å². The summed E-state index contributed by atoms with van der Waals surface area (Å²) >= 11 is 1.34. The fourth-order valence-corrected chi connectivity index (χ4v) is 1.95. The van der Waals surface area contributed by atoms with E-state index in [9.17, 15) is 4.39 Å². The highest BCUT2D eigenvalue weighted by Crippen LogP contribution is 2.17. The van der Waals surface area contributed by atoms with Crippen molar-refractivity contribution in [3.05, 3.63) is 41.7 Å². The van der Waals surface area contributed by atoms with E-state index in [1.165, 1.54) is 23.7 Å². The van der Waals surface area contributed by atoms with Crippen LogP contribution in [-0.4, -0.2) is 10.9 Å². The molecule has 0 fully saturated rings. The van der Waals surface area contributed by atoms with E-state index in [-0.39, 0.29) is 5.82 Å². The van der Waals surface area contributed by atoms with Gasteiger partial charge in [-0.2, -0.15) is 4.37 Å². The molecule has 16 heavy (non-hydrogen) atoms. The van der Waals surface area contributed by atoms with Crippen molar-refractivity contribution < 1.29 is 4.39 Å². The molecule has 0 unspecified atom stereocenters. The first kappa shape index (κ1) is 10.9. The van der Waals surface area contributed by atoms with Crippen molar-refractivity contribution in [2.75, 3.05) is 17.6 Å². The highest BCUT2D eigenvalue weighted by molar-refractivity contribution is 7.10. The Bertz CT molecular complexity index is 453. The number of hydrogen-bond donors (Lipinski definition) is 2. The first-order valence-corrected chi connectivity index (χ1v) is 5.72. The van der Waals surface area contributed by atoms with Crippen molar-refractivity contribution in [1.82, 2.24) is 4.37 Å². The van der Waals surface area contributed by atoms with Crippen LogP contribution in [0, 0.1) is 5.82 Å². The summed E-state index contributed by atoms with van der Waals surface area (Å²) < 4.78 is 16.6. The summed E-state index contributed by atoms with van der Waals surface area (Å²) in [4.78, 5) is 0. The number of halogens is 1. The monoisotopic (exact) mass is 237 g/mol. The molecule has 0 aliphatic rings. The van der Waals surface area contributed by atoms with Crippen molar-refractivity contribution in [2.24, 2.45) is 0 Å². The molecule has 1 aromatic carbocycles. The van der Waals surface area contributed by atoms with Crippen LogP contribution >= 0.6 is 11.5 Å². The van der Waals surface area contributed by atoms with Crippen LogP contribution in [-0.2, 0) is 6.42 Å². The van der Waals surface area contributed by atoms with Gasteiger partial charge in [-0.05, 0) is 35.6 Å². The molecule has 3 nitrogen and oxygen atoms in total. The van der Waals surface area contributed by atoms with Gasteiger partial charge in [0.15, 0.2) is 0 Å². The topological polar surface area (TPSA) is 50.9 Å². The van der Waals surface area contributed by atoms with Crippen molar-refractivity contribution in [3.8, 4) is 0 Å². The summed E-state index contributed by atoms with van der Waals surface area (Å²) in [5.74, 6) is 0.334. The Morgan fingerprint density at radius 2 is 2.06 bits per heavy atom. The van der Waals surface area contributed by atoms with Crippen LogP contribution in [0.2, 0.25) is 0 Å². The van der Waals surface area contributed by atoms with Crippen LogP contribution in [0.4, 0.5) is 15.2 Å². The maximum Gasteiger partial charge on any atom is 0.139 e. The Morgan fingerprint density at radius 1 is 1.31 bits per heavy atom. The minimum atomic E-state index is -0.202. The van der Waals surface area contributed by atoms with Gasteiger partial charge in [0.2, 0.25) is 0 Å². The number of nitrogens with two attached hydrogens (primary N) is 1. The molecule has 0 aliphatic carbocycles. The van der Waals surface area contributed by atoms with Crippen LogP contribution in [0.5, 0.6) is 0 Å². The van der Waals surface area contributed by atoms with E-state index in [0.29, 0.717) is 5.82 Å². The summed E-state index contributed by atoms with van der Waals surface area (Å²) in [6.45, 7) is 0.785. The molecule has 0 atom stereocenters. The van der Waals surface area contributed by atoms with E-state index >= 15 is 0 Å². The molecule has 1 aromatic heterocycles. The van der Waals surface area contributed by atoms with Gasteiger partial charge < -0.3 is 11.1 Å². The number of rotatable bonds is 4. The van der Waals surface area contributed by atoms with Gasteiger partial charge in [-0.25, -0.2) is 4.39 Å². The molecule has 0 aliphatic heterocycles. The lowest BCUT2D eigenvalue weighted by atomic mass is 10.1. The van der Waals surface area contributed by atoms with Crippen LogP contribution in [0.1, 0.15) is 5.56 Å². The normalized spacial score (nSPS) is 10.3. The van der Waals surface area contributed by atoms with Crippen LogP contribution in [0.3, 0.4) is 0 Å². The Labute approximate surface area is 97.3 Å². The zero-order valence-corrected chi connectivity index (χ0v) is 9.43. The number of hydrogen-bond acceptors (Lipinski definition) is 4. The van der Waals surface area contributed by atoms with E-state index in [1.807, 2.05) is 0 Å². The lowest BCUT2D eigenvalue weighted by molar-refractivity contribution is 0.627. The molecule has 2 aromatic rings. The first-order valence-electron chi connectivity index (χ1n) is 4.94. The van der Waals surface area contributed by atoms with Gasteiger partial charge in [0.1, 0.15) is 16.6 Å². The standard InChI is InChI=1S/C11H12FN3S/c12-9-3-1-8(2-4-9)5-6-14-11-7-10(13)15-16-11/h1-4,7,14H,5-6H2,(H2,13,15). The summed E-state index contributed by atoms with van der Waals surface area (Å²) in [7, 11) is 0. The average Bonchev–Trinajstić information content (AvgIpc) is 2.67. The number of benzene rings is 1. The fourth-order valence-electron chi connectivity index (χ4n) is 1.35. The van der Waals surface area contributed by atoms with Gasteiger partial charge in [0.25, 0.3) is 0 Å². The van der Waals surface area contributed by atoms with E-state index in [1.54, 1.807) is 18.2 Å². The third-order valence-corrected chi connectivity index (χ3v) is 2.92. The van der Waals surface area contributed by atoms with E-state index in [4.69, 9.17) is 5.73 Å². The van der Waals surface area contributed by atoms with Crippen molar-refractivity contribution in [1.29, 1.82) is 0 Å². The summed E-state index contributed by atoms with van der Waals surface area (Å²) in [6, 6.07) is 8.32. The second-order valence-electron chi connectivity index (χ2n) is 3.42. The molecule has 0 spiro atoms. The molecule has 1 heterocycles. The lowest BCUT2D eigenvalue weighted by Crippen LogP contribution is -2.03. The molecular formula is C11H12FN3S. The third-order valence-electron chi connectivity index (χ3n) is 2.15. The number of nitrogen functional groups attached to an aromatic ring is 1. The molecular weight excluding hydrogens is 225 g/mol. The van der Waals surface area contributed by atoms with Gasteiger partial charge in [-0.15, -0.1) is 0 Å². The van der Waals surface area contributed by atoms with Crippen molar-refractivity contribution >= 4 is 22.4 Å². The van der Waals surface area contributed by atoms with Gasteiger partial charge in [-0.3, -0.25) is 0 Å². The SMILES string of the molecule is Nc1cc(NCCc2ccc(F)cc2)sn1. The van der Waals surface area contributed by atoms with Crippen molar-refractivity contribution in [3.63, 3.8) is 0 Å². The van der Waals surface area contributed by atoms with Gasteiger partial charge in [0, 0.05) is 12.6 Å². The summed E-state index contributed by atoms with van der Waals surface area (Å²) in [5, 5.41) is 4.17. The molecule has 3 N–H and O–H groups in total. The molecule has 2 rings (SSSR count). The smallest absolute Gasteiger partial charge is 0.139 e. The minimum Gasteiger partial charge on any atom is -0.383 e. The molecule has 0 bridgehead atoms. The summed E-state index contributed by atoms with van der Waals surface area (Å²) in [6.07, 6.45) is 0.845. The zero-order valence-electron chi connectivity index (χ0n) is 8.61. The average molecular weight is 237 g/mol. The third kappa shape index (κ3) is 2.93. The van der Waals surface area contributed by atoms with Crippen LogP contribution in [0.15, 0.2) is 30.3 Å².